The lowest BCUT2D eigenvalue weighted by Gasteiger charge is -2.03. The van der Waals surface area contributed by atoms with Gasteiger partial charge in [-0.25, -0.2) is 9.97 Å². The Balaban J connectivity index is 1.62. The smallest absolute Gasteiger partial charge is 0.286 e. The highest BCUT2D eigenvalue weighted by molar-refractivity contribution is 7.22. The highest BCUT2D eigenvalue weighted by Crippen LogP contribution is 2.30. The van der Waals surface area contributed by atoms with Gasteiger partial charge >= 0.3 is 0 Å². The predicted molar refractivity (Wildman–Crippen MR) is 101 cm³/mol. The van der Waals surface area contributed by atoms with E-state index >= 15 is 0 Å². The molecule has 4 rings (SSSR count). The van der Waals surface area contributed by atoms with Gasteiger partial charge in [-0.1, -0.05) is 43.4 Å². The molecule has 2 aromatic carbocycles. The fourth-order valence-electron chi connectivity index (χ4n) is 2.47. The average molecular weight is 353 g/mol. The van der Waals surface area contributed by atoms with Gasteiger partial charge in [0.2, 0.25) is 0 Å². The second kappa shape index (κ2) is 5.96. The van der Waals surface area contributed by atoms with Crippen molar-refractivity contribution in [2.24, 2.45) is 0 Å². The molecular weight excluding hydrogens is 338 g/mol. The molecule has 0 bridgehead atoms. The Morgan fingerprint density at radius 1 is 1.00 bits per heavy atom. The summed E-state index contributed by atoms with van der Waals surface area (Å²) in [6.07, 6.45) is 0. The Kier molecular flexibility index (Phi) is 3.78. The second-order valence-electron chi connectivity index (χ2n) is 5.84. The van der Waals surface area contributed by atoms with Crippen LogP contribution in [0.5, 0.6) is 0 Å². The number of nitrogens with one attached hydrogen (secondary N) is 1. The van der Waals surface area contributed by atoms with Crippen LogP contribution in [0.15, 0.2) is 42.5 Å². The van der Waals surface area contributed by atoms with Crippen LogP contribution in [0, 0.1) is 0 Å². The van der Waals surface area contributed by atoms with Gasteiger partial charge in [-0.3, -0.25) is 10.1 Å². The lowest BCUT2D eigenvalue weighted by atomic mass is 10.0. The van der Waals surface area contributed by atoms with Crippen LogP contribution in [0.3, 0.4) is 0 Å². The van der Waals surface area contributed by atoms with Crippen molar-refractivity contribution in [3.8, 4) is 0 Å². The Morgan fingerprint density at radius 3 is 2.58 bits per heavy atom. The van der Waals surface area contributed by atoms with Crippen molar-refractivity contribution in [2.45, 2.75) is 19.8 Å². The van der Waals surface area contributed by atoms with Crippen LogP contribution in [0.4, 0.5) is 5.13 Å². The molecule has 0 radical (unpaired) electrons. The summed E-state index contributed by atoms with van der Waals surface area (Å²) >= 11 is 2.88. The summed E-state index contributed by atoms with van der Waals surface area (Å²) in [5.74, 6) is 0.261. The number of para-hydroxylation sites is 1. The zero-order valence-corrected chi connectivity index (χ0v) is 14.9. The first-order chi connectivity index (χ1) is 11.6. The molecule has 4 nitrogen and oxygen atoms in total. The third kappa shape index (κ3) is 2.79. The lowest BCUT2D eigenvalue weighted by Crippen LogP contribution is -2.10. The number of anilines is 1. The molecule has 1 N–H and O–H groups in total. The molecule has 0 aliphatic heterocycles. The molecular formula is C18H15N3OS2. The van der Waals surface area contributed by atoms with Gasteiger partial charge in [-0.2, -0.15) is 0 Å². The van der Waals surface area contributed by atoms with E-state index in [4.69, 9.17) is 0 Å². The summed E-state index contributed by atoms with van der Waals surface area (Å²) in [6.45, 7) is 4.33. The number of hydrogen-bond donors (Lipinski definition) is 1. The Labute approximate surface area is 147 Å². The van der Waals surface area contributed by atoms with Crippen molar-refractivity contribution < 1.29 is 4.79 Å². The number of aromatic nitrogens is 2. The Morgan fingerprint density at radius 2 is 1.79 bits per heavy atom. The third-order valence-electron chi connectivity index (χ3n) is 3.79. The zero-order chi connectivity index (χ0) is 16.7. The molecule has 1 amide bonds. The largest absolute Gasteiger partial charge is 0.296 e. The molecule has 24 heavy (non-hydrogen) atoms. The molecule has 2 aromatic heterocycles. The van der Waals surface area contributed by atoms with Gasteiger partial charge < -0.3 is 0 Å². The van der Waals surface area contributed by atoms with Crippen LogP contribution < -0.4 is 5.32 Å². The van der Waals surface area contributed by atoms with Crippen LogP contribution in [-0.4, -0.2) is 15.9 Å². The summed E-state index contributed by atoms with van der Waals surface area (Å²) in [5, 5.41) is 3.94. The third-order valence-corrected chi connectivity index (χ3v) is 5.76. The van der Waals surface area contributed by atoms with Crippen molar-refractivity contribution in [2.75, 3.05) is 5.32 Å². The molecule has 0 aliphatic rings. The van der Waals surface area contributed by atoms with E-state index in [1.807, 2.05) is 30.3 Å². The number of thiazole rings is 2. The molecule has 6 heteroatoms. The summed E-state index contributed by atoms with van der Waals surface area (Å²) < 4.78 is 2.09. The van der Waals surface area contributed by atoms with E-state index in [2.05, 4.69) is 41.3 Å². The molecule has 120 valence electrons. The van der Waals surface area contributed by atoms with Crippen LogP contribution in [0.2, 0.25) is 0 Å². The van der Waals surface area contributed by atoms with Gasteiger partial charge in [0.15, 0.2) is 10.1 Å². The van der Waals surface area contributed by atoms with Crippen LogP contribution in [0.25, 0.3) is 20.4 Å². The number of rotatable bonds is 3. The number of benzene rings is 2. The van der Waals surface area contributed by atoms with Gasteiger partial charge in [-0.15, -0.1) is 11.3 Å². The fraction of sp³-hybridized carbons (Fsp3) is 0.167. The second-order valence-corrected chi connectivity index (χ2v) is 7.90. The zero-order valence-electron chi connectivity index (χ0n) is 13.2. The topological polar surface area (TPSA) is 54.9 Å². The summed E-state index contributed by atoms with van der Waals surface area (Å²) in [5.41, 5.74) is 3.03. The molecule has 0 atom stereocenters. The minimum Gasteiger partial charge on any atom is -0.296 e. The predicted octanol–water partition coefficient (Wildman–Crippen LogP) is 5.28. The maximum atomic E-state index is 12.4. The normalized spacial score (nSPS) is 11.5. The molecule has 0 saturated heterocycles. The molecule has 0 aliphatic carbocycles. The molecule has 0 spiro atoms. The number of amides is 1. The van der Waals surface area contributed by atoms with Crippen molar-refractivity contribution in [3.05, 3.63) is 53.0 Å². The van der Waals surface area contributed by atoms with E-state index in [1.165, 1.54) is 28.2 Å². The molecule has 0 saturated carbocycles. The first-order valence-corrected chi connectivity index (χ1v) is 9.31. The monoisotopic (exact) mass is 353 g/mol. The summed E-state index contributed by atoms with van der Waals surface area (Å²) in [6, 6.07) is 14.0. The maximum absolute atomic E-state index is 12.4. The van der Waals surface area contributed by atoms with Crippen molar-refractivity contribution >= 4 is 54.1 Å². The van der Waals surface area contributed by atoms with Gasteiger partial charge in [0, 0.05) is 0 Å². The van der Waals surface area contributed by atoms with Gasteiger partial charge in [0.05, 0.1) is 20.4 Å². The van der Waals surface area contributed by atoms with Gasteiger partial charge in [0.1, 0.15) is 0 Å². The Bertz CT molecular complexity index is 1020. The van der Waals surface area contributed by atoms with E-state index in [0.29, 0.717) is 16.1 Å². The van der Waals surface area contributed by atoms with Crippen LogP contribution in [0.1, 0.15) is 35.1 Å². The number of carbonyl (C=O) groups is 1. The molecule has 2 heterocycles. The lowest BCUT2D eigenvalue weighted by molar-refractivity contribution is 0.102. The SMILES string of the molecule is CC(C)c1ccc2nc(NC(=O)c3nc4ccccc4s3)sc2c1. The highest BCUT2D eigenvalue weighted by atomic mass is 32.1. The minimum atomic E-state index is -0.209. The average Bonchev–Trinajstić information content (AvgIpc) is 3.17. The first kappa shape index (κ1) is 15.2. The van der Waals surface area contributed by atoms with E-state index in [9.17, 15) is 4.79 Å². The summed E-state index contributed by atoms with van der Waals surface area (Å²) in [4.78, 5) is 21.3. The van der Waals surface area contributed by atoms with E-state index < -0.39 is 0 Å². The van der Waals surface area contributed by atoms with Crippen LogP contribution >= 0.6 is 22.7 Å². The van der Waals surface area contributed by atoms with Gasteiger partial charge in [-0.05, 0) is 35.7 Å². The standard InChI is InChI=1S/C18H15N3OS2/c1-10(2)11-7-8-13-15(9-11)24-18(20-13)21-16(22)17-19-12-5-3-4-6-14(12)23-17/h3-10H,1-2H3,(H,20,21,22). The van der Waals surface area contributed by atoms with Crippen molar-refractivity contribution in [1.29, 1.82) is 0 Å². The Hall–Kier alpha value is -2.31. The number of carbonyl (C=O) groups excluding carboxylic acids is 1. The van der Waals surface area contributed by atoms with E-state index in [1.54, 1.807) is 0 Å². The first-order valence-electron chi connectivity index (χ1n) is 7.67. The van der Waals surface area contributed by atoms with Crippen molar-refractivity contribution in [3.63, 3.8) is 0 Å². The molecule has 0 unspecified atom stereocenters. The molecule has 0 fully saturated rings. The van der Waals surface area contributed by atoms with Crippen LogP contribution in [-0.2, 0) is 0 Å². The van der Waals surface area contributed by atoms with E-state index in [0.717, 1.165) is 20.4 Å². The minimum absolute atomic E-state index is 0.209. The van der Waals surface area contributed by atoms with E-state index in [-0.39, 0.29) is 5.91 Å². The number of hydrogen-bond acceptors (Lipinski definition) is 5. The number of nitrogens with zero attached hydrogens (tertiary/aromatic N) is 2. The van der Waals surface area contributed by atoms with Gasteiger partial charge in [0.25, 0.3) is 5.91 Å². The number of fused-ring (bicyclic) bond motifs is 2. The van der Waals surface area contributed by atoms with Crippen molar-refractivity contribution in [1.82, 2.24) is 9.97 Å². The quantitative estimate of drug-likeness (QED) is 0.545. The summed E-state index contributed by atoms with van der Waals surface area (Å²) in [7, 11) is 0. The molecule has 4 aromatic rings. The highest BCUT2D eigenvalue weighted by Gasteiger charge is 2.14. The maximum Gasteiger partial charge on any atom is 0.286 e. The fourth-order valence-corrected chi connectivity index (χ4v) is 4.24.